The molecule has 1 saturated heterocycles. The first-order valence-corrected chi connectivity index (χ1v) is 10.9. The van der Waals surface area contributed by atoms with Gasteiger partial charge in [-0.3, -0.25) is 9.69 Å². The number of likely N-dealkylation sites (tertiary alicyclic amines) is 1. The van der Waals surface area contributed by atoms with Crippen molar-refractivity contribution in [2.45, 2.75) is 31.9 Å². The van der Waals surface area contributed by atoms with Crippen LogP contribution in [0.5, 0.6) is 0 Å². The van der Waals surface area contributed by atoms with Crippen LogP contribution in [0.3, 0.4) is 0 Å². The first-order chi connectivity index (χ1) is 16.4. The third-order valence-electron chi connectivity index (χ3n) is 6.05. The highest BCUT2D eigenvalue weighted by Gasteiger charge is 2.25. The van der Waals surface area contributed by atoms with Crippen molar-refractivity contribution in [3.05, 3.63) is 53.8 Å². The highest BCUT2D eigenvalue weighted by atomic mass is 19.3. The van der Waals surface area contributed by atoms with Crippen molar-refractivity contribution >= 4 is 17.9 Å². The van der Waals surface area contributed by atoms with E-state index >= 15 is 0 Å². The van der Waals surface area contributed by atoms with Crippen LogP contribution < -0.4 is 9.80 Å². The standard InChI is InChI=1S/C23H25F3N6O2/c1-30-10-7-17(8-11-30)31(2)19-4-3-9-27-21(19)32(14-33)13-16-6-5-15(12-18(16)24)22-28-29-23(34-22)20(25)26/h3-6,9,12,14,17,20H,7-8,10-11,13H2,1-2H3. The zero-order valence-corrected chi connectivity index (χ0v) is 18.9. The van der Waals surface area contributed by atoms with Gasteiger partial charge in [-0.05, 0) is 57.2 Å². The maximum absolute atomic E-state index is 14.9. The van der Waals surface area contributed by atoms with Crippen molar-refractivity contribution in [3.63, 3.8) is 0 Å². The number of hydrogen-bond acceptors (Lipinski definition) is 7. The average molecular weight is 474 g/mol. The number of alkyl halides is 2. The van der Waals surface area contributed by atoms with Gasteiger partial charge < -0.3 is 14.2 Å². The molecule has 11 heteroatoms. The van der Waals surface area contributed by atoms with E-state index < -0.39 is 18.1 Å². The van der Waals surface area contributed by atoms with E-state index in [9.17, 15) is 18.0 Å². The van der Waals surface area contributed by atoms with E-state index in [1.165, 1.54) is 17.0 Å². The second-order valence-corrected chi connectivity index (χ2v) is 8.28. The Morgan fingerprint density at radius 2 is 2.00 bits per heavy atom. The average Bonchev–Trinajstić information content (AvgIpc) is 3.34. The van der Waals surface area contributed by atoms with Gasteiger partial charge in [-0.25, -0.2) is 9.37 Å². The molecule has 0 saturated carbocycles. The first kappa shape index (κ1) is 23.7. The lowest BCUT2D eigenvalue weighted by Crippen LogP contribution is -2.42. The molecule has 0 atom stereocenters. The Morgan fingerprint density at radius 3 is 2.65 bits per heavy atom. The molecule has 3 aromatic rings. The highest BCUT2D eigenvalue weighted by Crippen LogP contribution is 2.31. The van der Waals surface area contributed by atoms with Crippen molar-refractivity contribution < 1.29 is 22.4 Å². The summed E-state index contributed by atoms with van der Waals surface area (Å²) in [5.41, 5.74) is 1.17. The molecule has 0 aliphatic carbocycles. The maximum atomic E-state index is 14.9. The van der Waals surface area contributed by atoms with Crippen LogP contribution in [0.1, 0.15) is 30.7 Å². The number of hydrogen-bond donors (Lipinski definition) is 0. The van der Waals surface area contributed by atoms with Gasteiger partial charge >= 0.3 is 6.43 Å². The predicted octanol–water partition coefficient (Wildman–Crippen LogP) is 3.90. The smallest absolute Gasteiger partial charge is 0.314 e. The van der Waals surface area contributed by atoms with Crippen molar-refractivity contribution in [2.24, 2.45) is 0 Å². The van der Waals surface area contributed by atoms with E-state index in [-0.39, 0.29) is 23.6 Å². The summed E-state index contributed by atoms with van der Waals surface area (Å²) in [5, 5.41) is 6.79. The lowest BCUT2D eigenvalue weighted by Gasteiger charge is -2.37. The normalized spacial score (nSPS) is 15.0. The summed E-state index contributed by atoms with van der Waals surface area (Å²) in [7, 11) is 4.07. The minimum absolute atomic E-state index is 0.0625. The molecule has 34 heavy (non-hydrogen) atoms. The second-order valence-electron chi connectivity index (χ2n) is 8.28. The second kappa shape index (κ2) is 10.2. The summed E-state index contributed by atoms with van der Waals surface area (Å²) in [5.74, 6) is -1.24. The Balaban J connectivity index is 1.55. The van der Waals surface area contributed by atoms with Crippen LogP contribution in [0.25, 0.3) is 11.5 Å². The van der Waals surface area contributed by atoms with E-state index in [2.05, 4.69) is 32.0 Å². The van der Waals surface area contributed by atoms with Crippen LogP contribution in [0.15, 0.2) is 40.9 Å². The monoisotopic (exact) mass is 474 g/mol. The molecule has 180 valence electrons. The molecule has 0 N–H and O–H groups in total. The van der Waals surface area contributed by atoms with Crippen LogP contribution >= 0.6 is 0 Å². The zero-order valence-electron chi connectivity index (χ0n) is 18.9. The fourth-order valence-corrected chi connectivity index (χ4v) is 4.06. The number of carbonyl (C=O) groups is 1. The minimum atomic E-state index is -2.91. The molecule has 4 rings (SSSR count). The Labute approximate surface area is 195 Å². The Hall–Kier alpha value is -3.47. The van der Waals surface area contributed by atoms with Gasteiger partial charge in [0.15, 0.2) is 5.82 Å². The summed E-state index contributed by atoms with van der Waals surface area (Å²) in [6, 6.07) is 8.06. The first-order valence-electron chi connectivity index (χ1n) is 10.9. The van der Waals surface area contributed by atoms with Gasteiger partial charge in [0.25, 0.3) is 5.89 Å². The third-order valence-corrected chi connectivity index (χ3v) is 6.05. The number of benzene rings is 1. The molecule has 0 spiro atoms. The van der Waals surface area contributed by atoms with Crippen molar-refractivity contribution in [3.8, 4) is 11.5 Å². The highest BCUT2D eigenvalue weighted by molar-refractivity contribution is 5.81. The maximum Gasteiger partial charge on any atom is 0.314 e. The van der Waals surface area contributed by atoms with Crippen LogP contribution in [-0.4, -0.2) is 59.7 Å². The quantitative estimate of drug-likeness (QED) is 0.458. The van der Waals surface area contributed by atoms with Crippen LogP contribution in [-0.2, 0) is 11.3 Å². The molecular weight excluding hydrogens is 449 g/mol. The van der Waals surface area contributed by atoms with Gasteiger partial charge in [0, 0.05) is 30.4 Å². The number of halogens is 3. The fraction of sp³-hybridized carbons (Fsp3) is 0.391. The summed E-state index contributed by atoms with van der Waals surface area (Å²) in [6.45, 7) is 1.91. The molecule has 0 unspecified atom stereocenters. The number of rotatable bonds is 8. The Kier molecular flexibility index (Phi) is 7.11. The molecule has 1 fully saturated rings. The van der Waals surface area contributed by atoms with Crippen molar-refractivity contribution in [1.82, 2.24) is 20.1 Å². The molecule has 1 aromatic carbocycles. The molecule has 2 aromatic heterocycles. The molecule has 1 aliphatic rings. The van der Waals surface area contributed by atoms with E-state index in [0.29, 0.717) is 18.3 Å². The van der Waals surface area contributed by atoms with Gasteiger partial charge in [0.05, 0.1) is 12.2 Å². The van der Waals surface area contributed by atoms with Crippen molar-refractivity contribution in [1.29, 1.82) is 0 Å². The van der Waals surface area contributed by atoms with E-state index in [1.54, 1.807) is 12.3 Å². The van der Waals surface area contributed by atoms with E-state index in [4.69, 9.17) is 4.42 Å². The molecule has 8 nitrogen and oxygen atoms in total. The summed E-state index contributed by atoms with van der Waals surface area (Å²) in [6.07, 6.45) is 1.28. The molecule has 3 heterocycles. The SMILES string of the molecule is CN1CCC(N(C)c2cccnc2N(C=O)Cc2ccc(-c3nnc(C(F)F)o3)cc2F)CC1. The largest absolute Gasteiger partial charge is 0.415 e. The lowest BCUT2D eigenvalue weighted by molar-refractivity contribution is -0.107. The molecule has 1 aliphatic heterocycles. The molecular formula is C23H25F3N6O2. The van der Waals surface area contributed by atoms with Crippen LogP contribution in [0.2, 0.25) is 0 Å². The molecule has 1 amide bonds. The summed E-state index contributed by atoms with van der Waals surface area (Å²) in [4.78, 5) is 22.2. The molecule has 0 bridgehead atoms. The van der Waals surface area contributed by atoms with Gasteiger partial charge in [-0.15, -0.1) is 10.2 Å². The van der Waals surface area contributed by atoms with Gasteiger partial charge in [0.1, 0.15) is 5.82 Å². The van der Waals surface area contributed by atoms with Gasteiger partial charge in [-0.2, -0.15) is 8.78 Å². The van der Waals surface area contributed by atoms with E-state index in [1.807, 2.05) is 13.1 Å². The number of nitrogens with zero attached hydrogens (tertiary/aromatic N) is 6. The zero-order chi connectivity index (χ0) is 24.2. The number of piperidine rings is 1. The Morgan fingerprint density at radius 1 is 1.24 bits per heavy atom. The lowest BCUT2D eigenvalue weighted by atomic mass is 10.0. The predicted molar refractivity (Wildman–Crippen MR) is 120 cm³/mol. The molecule has 0 radical (unpaired) electrons. The number of anilines is 2. The van der Waals surface area contributed by atoms with Gasteiger partial charge in [-0.1, -0.05) is 6.07 Å². The number of pyridine rings is 1. The van der Waals surface area contributed by atoms with Crippen molar-refractivity contribution in [2.75, 3.05) is 37.0 Å². The summed E-state index contributed by atoms with van der Waals surface area (Å²) < 4.78 is 45.1. The summed E-state index contributed by atoms with van der Waals surface area (Å²) >= 11 is 0. The van der Waals surface area contributed by atoms with E-state index in [0.717, 1.165) is 37.7 Å². The number of aromatic nitrogens is 3. The van der Waals surface area contributed by atoms with Crippen LogP contribution in [0.4, 0.5) is 24.7 Å². The Bertz CT molecular complexity index is 1130. The van der Waals surface area contributed by atoms with Crippen LogP contribution in [0, 0.1) is 5.82 Å². The fourth-order valence-electron chi connectivity index (χ4n) is 4.06. The third kappa shape index (κ3) is 5.04. The number of amides is 1. The topological polar surface area (TPSA) is 78.6 Å². The van der Waals surface area contributed by atoms with Gasteiger partial charge in [0.2, 0.25) is 12.3 Å². The minimum Gasteiger partial charge on any atom is -0.415 e. The number of carbonyl (C=O) groups excluding carboxylic acids is 1.